The Hall–Kier alpha value is -2.95. The van der Waals surface area contributed by atoms with E-state index in [1.807, 2.05) is 48.2 Å². The van der Waals surface area contributed by atoms with Crippen LogP contribution in [0.4, 0.5) is 0 Å². The van der Waals surface area contributed by atoms with E-state index in [0.717, 1.165) is 36.1 Å². The quantitative estimate of drug-likeness (QED) is 0.616. The molecule has 1 aliphatic heterocycles. The Morgan fingerprint density at radius 2 is 1.90 bits per heavy atom. The van der Waals surface area contributed by atoms with Crippen molar-refractivity contribution in [3.05, 3.63) is 71.1 Å². The second kappa shape index (κ2) is 8.19. The van der Waals surface area contributed by atoms with Crippen molar-refractivity contribution < 1.29 is 9.32 Å². The summed E-state index contributed by atoms with van der Waals surface area (Å²) in [5.74, 6) is 1.88. The zero-order valence-electron chi connectivity index (χ0n) is 17.3. The van der Waals surface area contributed by atoms with Crippen molar-refractivity contribution in [3.63, 3.8) is 0 Å². The fourth-order valence-electron chi connectivity index (χ4n) is 3.88. The van der Waals surface area contributed by atoms with Gasteiger partial charge in [-0.25, -0.2) is 0 Å². The van der Waals surface area contributed by atoms with Crippen molar-refractivity contribution in [2.24, 2.45) is 0 Å². The Kier molecular flexibility index (Phi) is 5.47. The van der Waals surface area contributed by atoms with Gasteiger partial charge in [0.2, 0.25) is 11.7 Å². The maximum Gasteiger partial charge on any atom is 0.254 e. The lowest BCUT2D eigenvalue weighted by Gasteiger charge is -2.31. The van der Waals surface area contributed by atoms with Crippen molar-refractivity contribution in [2.45, 2.75) is 45.4 Å². The Labute approximate surface area is 171 Å². The second-order valence-electron chi connectivity index (χ2n) is 8.14. The van der Waals surface area contributed by atoms with Crippen molar-refractivity contribution >= 4 is 5.91 Å². The molecule has 0 radical (unpaired) electrons. The molecule has 29 heavy (non-hydrogen) atoms. The largest absolute Gasteiger partial charge is 0.339 e. The lowest BCUT2D eigenvalue weighted by molar-refractivity contribution is 0.0695. The highest BCUT2D eigenvalue weighted by Crippen LogP contribution is 2.29. The maximum absolute atomic E-state index is 13.0. The fourth-order valence-corrected chi connectivity index (χ4v) is 3.88. The number of rotatable bonds is 4. The van der Waals surface area contributed by atoms with E-state index in [-0.39, 0.29) is 11.8 Å². The van der Waals surface area contributed by atoms with Crippen LogP contribution in [0.3, 0.4) is 0 Å². The number of carbonyl (C=O) groups is 1. The first-order chi connectivity index (χ1) is 14.0. The van der Waals surface area contributed by atoms with E-state index < -0.39 is 0 Å². The third-order valence-electron chi connectivity index (χ3n) is 5.71. The monoisotopic (exact) mass is 389 g/mol. The van der Waals surface area contributed by atoms with E-state index in [1.165, 1.54) is 5.56 Å². The lowest BCUT2D eigenvalue weighted by Crippen LogP contribution is -2.39. The van der Waals surface area contributed by atoms with E-state index in [4.69, 9.17) is 4.52 Å². The summed E-state index contributed by atoms with van der Waals surface area (Å²) in [4.78, 5) is 19.5. The number of hydrogen-bond donors (Lipinski definition) is 0. The van der Waals surface area contributed by atoms with Crippen LogP contribution in [0, 0.1) is 6.92 Å². The lowest BCUT2D eigenvalue weighted by atomic mass is 9.96. The summed E-state index contributed by atoms with van der Waals surface area (Å²) in [6.07, 6.45) is 1.88. The van der Waals surface area contributed by atoms with E-state index in [0.29, 0.717) is 24.2 Å². The second-order valence-corrected chi connectivity index (χ2v) is 8.14. The molecule has 0 unspecified atom stereocenters. The van der Waals surface area contributed by atoms with Crippen LogP contribution in [0.15, 0.2) is 53.1 Å². The molecule has 0 bridgehead atoms. The molecule has 5 nitrogen and oxygen atoms in total. The molecule has 0 spiro atoms. The third kappa shape index (κ3) is 4.09. The van der Waals surface area contributed by atoms with Gasteiger partial charge in [-0.3, -0.25) is 4.79 Å². The van der Waals surface area contributed by atoms with Crippen molar-refractivity contribution in [1.29, 1.82) is 0 Å². The standard InChI is InChI=1S/C24H27N3O2/c1-16(2)18-10-12-19(13-11-18)22-25-23(29-26-22)20-8-6-14-27(15-20)24(28)21-9-5-4-7-17(21)3/h4-5,7,9-13,16,20H,6,8,14-15H2,1-3H3/t20-/m1/s1. The van der Waals surface area contributed by atoms with Gasteiger partial charge >= 0.3 is 0 Å². The van der Waals surface area contributed by atoms with Gasteiger partial charge in [0.1, 0.15) is 0 Å². The minimum atomic E-state index is 0.0768. The van der Waals surface area contributed by atoms with Crippen LogP contribution >= 0.6 is 0 Å². The first kappa shape index (κ1) is 19.4. The summed E-state index contributed by atoms with van der Waals surface area (Å²) in [6, 6.07) is 16.0. The molecule has 0 aliphatic carbocycles. The van der Waals surface area contributed by atoms with Gasteiger partial charge in [0.25, 0.3) is 5.91 Å². The van der Waals surface area contributed by atoms with Crippen LogP contribution < -0.4 is 0 Å². The molecule has 2 aromatic carbocycles. The third-order valence-corrected chi connectivity index (χ3v) is 5.71. The predicted molar refractivity (Wildman–Crippen MR) is 113 cm³/mol. The highest BCUT2D eigenvalue weighted by molar-refractivity contribution is 5.95. The van der Waals surface area contributed by atoms with Crippen LogP contribution in [0.25, 0.3) is 11.4 Å². The van der Waals surface area contributed by atoms with Gasteiger partial charge in [-0.05, 0) is 42.9 Å². The molecule has 3 aromatic rings. The predicted octanol–water partition coefficient (Wildman–Crippen LogP) is 5.19. The van der Waals surface area contributed by atoms with Crippen molar-refractivity contribution in [3.8, 4) is 11.4 Å². The number of aromatic nitrogens is 2. The van der Waals surface area contributed by atoms with E-state index in [2.05, 4.69) is 36.1 Å². The Balaban J connectivity index is 1.49. The van der Waals surface area contributed by atoms with Gasteiger partial charge in [0.15, 0.2) is 0 Å². The Bertz CT molecular complexity index is 991. The number of amides is 1. The molecule has 1 fully saturated rings. The zero-order chi connectivity index (χ0) is 20.4. The van der Waals surface area contributed by atoms with Crippen LogP contribution in [-0.4, -0.2) is 34.0 Å². The molecule has 5 heteroatoms. The molecule has 1 saturated heterocycles. The molecular weight excluding hydrogens is 362 g/mol. The summed E-state index contributed by atoms with van der Waals surface area (Å²) in [6.45, 7) is 7.70. The number of aryl methyl sites for hydroxylation is 1. The first-order valence-corrected chi connectivity index (χ1v) is 10.3. The van der Waals surface area contributed by atoms with Crippen LogP contribution in [-0.2, 0) is 0 Å². The Morgan fingerprint density at radius 3 is 2.62 bits per heavy atom. The smallest absolute Gasteiger partial charge is 0.254 e. The number of carbonyl (C=O) groups excluding carboxylic acids is 1. The number of hydrogen-bond acceptors (Lipinski definition) is 4. The molecule has 1 atom stereocenters. The molecule has 0 saturated carbocycles. The fraction of sp³-hybridized carbons (Fsp3) is 0.375. The topological polar surface area (TPSA) is 59.2 Å². The van der Waals surface area contributed by atoms with Crippen LogP contribution in [0.2, 0.25) is 0 Å². The highest BCUT2D eigenvalue weighted by atomic mass is 16.5. The van der Waals surface area contributed by atoms with E-state index in [1.54, 1.807) is 0 Å². The summed E-state index contributed by atoms with van der Waals surface area (Å²) < 4.78 is 5.59. The molecule has 1 amide bonds. The van der Waals surface area contributed by atoms with Crippen molar-refractivity contribution in [2.75, 3.05) is 13.1 Å². The van der Waals surface area contributed by atoms with Gasteiger partial charge in [-0.15, -0.1) is 0 Å². The highest BCUT2D eigenvalue weighted by Gasteiger charge is 2.29. The van der Waals surface area contributed by atoms with Gasteiger partial charge < -0.3 is 9.42 Å². The average molecular weight is 389 g/mol. The molecule has 2 heterocycles. The number of piperidine rings is 1. The van der Waals surface area contributed by atoms with Crippen LogP contribution in [0.5, 0.6) is 0 Å². The maximum atomic E-state index is 13.0. The molecule has 4 rings (SSSR count). The number of likely N-dealkylation sites (tertiary alicyclic amines) is 1. The first-order valence-electron chi connectivity index (χ1n) is 10.3. The molecule has 0 N–H and O–H groups in total. The van der Waals surface area contributed by atoms with E-state index in [9.17, 15) is 4.79 Å². The van der Waals surface area contributed by atoms with E-state index >= 15 is 0 Å². The minimum Gasteiger partial charge on any atom is -0.339 e. The van der Waals surface area contributed by atoms with Gasteiger partial charge in [-0.2, -0.15) is 4.98 Å². The summed E-state index contributed by atoms with van der Waals surface area (Å²) in [5.41, 5.74) is 4.01. The Morgan fingerprint density at radius 1 is 1.14 bits per heavy atom. The molecule has 150 valence electrons. The normalized spacial score (nSPS) is 17.0. The summed E-state index contributed by atoms with van der Waals surface area (Å²) in [7, 11) is 0. The van der Waals surface area contributed by atoms with Gasteiger partial charge in [0, 0.05) is 24.2 Å². The van der Waals surface area contributed by atoms with Gasteiger partial charge in [0.05, 0.1) is 5.92 Å². The van der Waals surface area contributed by atoms with Crippen LogP contribution in [0.1, 0.15) is 65.9 Å². The minimum absolute atomic E-state index is 0.0768. The number of benzene rings is 2. The zero-order valence-corrected chi connectivity index (χ0v) is 17.3. The molecule has 1 aliphatic rings. The summed E-state index contributed by atoms with van der Waals surface area (Å²) >= 11 is 0. The number of nitrogens with zero attached hydrogens (tertiary/aromatic N) is 3. The van der Waals surface area contributed by atoms with Crippen molar-refractivity contribution in [1.82, 2.24) is 15.0 Å². The average Bonchev–Trinajstić information content (AvgIpc) is 3.24. The van der Waals surface area contributed by atoms with Gasteiger partial charge in [-0.1, -0.05) is 61.5 Å². The summed E-state index contributed by atoms with van der Waals surface area (Å²) in [5, 5.41) is 4.19. The SMILES string of the molecule is Cc1ccccc1C(=O)N1CCC[C@@H](c2nc(-c3ccc(C(C)C)cc3)no2)C1. The molecule has 1 aromatic heterocycles. The molecular formula is C24H27N3O2.